The third-order valence-corrected chi connectivity index (χ3v) is 4.90. The largest absolute Gasteiger partial charge is 0.356 e. The third-order valence-electron chi connectivity index (χ3n) is 3.73. The number of nitrogens with two attached hydrogens (primary N) is 1. The fourth-order valence-corrected chi connectivity index (χ4v) is 3.44. The Morgan fingerprint density at radius 3 is 2.55 bits per heavy atom. The van der Waals surface area contributed by atoms with E-state index in [1.54, 1.807) is 11.3 Å². The molecule has 0 unspecified atom stereocenters. The molecule has 0 bridgehead atoms. The van der Waals surface area contributed by atoms with Gasteiger partial charge in [0, 0.05) is 18.0 Å². The Kier molecular flexibility index (Phi) is 4.77. The van der Waals surface area contributed by atoms with E-state index in [0.29, 0.717) is 12.0 Å². The van der Waals surface area contributed by atoms with Crippen LogP contribution in [0, 0.1) is 0 Å². The Labute approximate surface area is 124 Å². The van der Waals surface area contributed by atoms with Crippen molar-refractivity contribution >= 4 is 33.3 Å². The molecule has 3 N–H and O–H groups in total. The zero-order valence-corrected chi connectivity index (χ0v) is 13.4. The number of hydrogen-bond donors (Lipinski definition) is 2. The van der Waals surface area contributed by atoms with E-state index < -0.39 is 0 Å². The number of nitrogens with one attached hydrogen (secondary N) is 1. The van der Waals surface area contributed by atoms with E-state index in [1.165, 1.54) is 4.88 Å². The monoisotopic (exact) mass is 293 g/mol. The Balaban J connectivity index is 2.56. The molecule has 2 aromatic heterocycles. The van der Waals surface area contributed by atoms with Crippen LogP contribution < -0.4 is 16.2 Å². The van der Waals surface area contributed by atoms with Crippen LogP contribution in [0.2, 0.25) is 0 Å². The molecule has 0 saturated heterocycles. The van der Waals surface area contributed by atoms with Gasteiger partial charge in [-0.2, -0.15) is 4.98 Å². The molecule has 5 nitrogen and oxygen atoms in total. The number of aryl methyl sites for hydroxylation is 1. The van der Waals surface area contributed by atoms with Gasteiger partial charge in [0.25, 0.3) is 0 Å². The molecule has 0 amide bonds. The number of hydrazine groups is 1. The Morgan fingerprint density at radius 1 is 1.30 bits per heavy atom. The minimum absolute atomic E-state index is 0.476. The van der Waals surface area contributed by atoms with Crippen molar-refractivity contribution in [1.82, 2.24) is 9.97 Å². The maximum absolute atomic E-state index is 5.50. The average Bonchev–Trinajstić information content (AvgIpc) is 2.90. The fraction of sp³-hybridized carbons (Fsp3) is 0.571. The van der Waals surface area contributed by atoms with Crippen molar-refractivity contribution < 1.29 is 0 Å². The Hall–Kier alpha value is -1.40. The van der Waals surface area contributed by atoms with E-state index in [2.05, 4.69) is 54.2 Å². The SMILES string of the molecule is CCc1cc2c(N(C)C(CC)CC)nc(NN)nc2s1. The molecule has 6 heteroatoms. The molecular weight excluding hydrogens is 270 g/mol. The second kappa shape index (κ2) is 6.37. The summed E-state index contributed by atoms with van der Waals surface area (Å²) in [4.78, 5) is 13.6. The normalized spacial score (nSPS) is 11.3. The summed E-state index contributed by atoms with van der Waals surface area (Å²) in [5, 5.41) is 1.13. The summed E-state index contributed by atoms with van der Waals surface area (Å²) in [6.45, 7) is 6.57. The molecular formula is C14H23N5S. The molecule has 2 rings (SSSR count). The summed E-state index contributed by atoms with van der Waals surface area (Å²) in [5.41, 5.74) is 2.57. The van der Waals surface area contributed by atoms with Gasteiger partial charge in [-0.15, -0.1) is 11.3 Å². The van der Waals surface area contributed by atoms with Crippen LogP contribution in [0.25, 0.3) is 10.2 Å². The van der Waals surface area contributed by atoms with Gasteiger partial charge in [-0.3, -0.25) is 5.43 Å². The van der Waals surface area contributed by atoms with Crippen LogP contribution in [0.4, 0.5) is 11.8 Å². The molecule has 0 spiro atoms. The quantitative estimate of drug-likeness (QED) is 0.632. The third kappa shape index (κ3) is 2.71. The number of nitrogen functional groups attached to an aromatic ring is 1. The lowest BCUT2D eigenvalue weighted by molar-refractivity contribution is 0.588. The van der Waals surface area contributed by atoms with Gasteiger partial charge in [0.2, 0.25) is 5.95 Å². The van der Waals surface area contributed by atoms with E-state index in [9.17, 15) is 0 Å². The summed E-state index contributed by atoms with van der Waals surface area (Å²) in [6, 6.07) is 2.68. The number of aromatic nitrogens is 2. The second-order valence-corrected chi connectivity index (χ2v) is 6.00. The van der Waals surface area contributed by atoms with Crippen LogP contribution >= 0.6 is 11.3 Å². The van der Waals surface area contributed by atoms with Gasteiger partial charge in [0.05, 0.1) is 5.39 Å². The van der Waals surface area contributed by atoms with Crippen molar-refractivity contribution in [2.45, 2.75) is 46.1 Å². The highest BCUT2D eigenvalue weighted by atomic mass is 32.1. The fourth-order valence-electron chi connectivity index (χ4n) is 2.47. The van der Waals surface area contributed by atoms with Crippen molar-refractivity contribution in [2.75, 3.05) is 17.4 Å². The molecule has 20 heavy (non-hydrogen) atoms. The van der Waals surface area contributed by atoms with E-state index in [4.69, 9.17) is 5.84 Å². The minimum Gasteiger partial charge on any atom is -0.356 e. The van der Waals surface area contributed by atoms with Crippen molar-refractivity contribution in [2.24, 2.45) is 5.84 Å². The van der Waals surface area contributed by atoms with E-state index in [1.807, 2.05) is 0 Å². The van der Waals surface area contributed by atoms with Crippen LogP contribution in [0.3, 0.4) is 0 Å². The molecule has 0 aliphatic heterocycles. The lowest BCUT2D eigenvalue weighted by Gasteiger charge is -2.28. The van der Waals surface area contributed by atoms with Crippen molar-refractivity contribution in [1.29, 1.82) is 0 Å². The zero-order valence-electron chi connectivity index (χ0n) is 12.6. The molecule has 0 radical (unpaired) electrons. The molecule has 0 aliphatic carbocycles. The summed E-state index contributed by atoms with van der Waals surface area (Å²) < 4.78 is 0. The molecule has 0 aliphatic rings. The van der Waals surface area contributed by atoms with Crippen molar-refractivity contribution in [3.8, 4) is 0 Å². The van der Waals surface area contributed by atoms with Crippen LogP contribution in [-0.2, 0) is 6.42 Å². The lowest BCUT2D eigenvalue weighted by Crippen LogP contribution is -2.31. The first-order chi connectivity index (χ1) is 9.64. The molecule has 0 aromatic carbocycles. The van der Waals surface area contributed by atoms with Crippen LogP contribution in [-0.4, -0.2) is 23.1 Å². The van der Waals surface area contributed by atoms with Gasteiger partial charge in [-0.1, -0.05) is 20.8 Å². The number of anilines is 2. The van der Waals surface area contributed by atoms with Gasteiger partial charge in [-0.05, 0) is 25.3 Å². The number of nitrogens with zero attached hydrogens (tertiary/aromatic N) is 3. The number of thiophene rings is 1. The van der Waals surface area contributed by atoms with E-state index in [-0.39, 0.29) is 0 Å². The Bertz CT molecular complexity index is 576. The first kappa shape index (κ1) is 15.0. The lowest BCUT2D eigenvalue weighted by atomic mass is 10.1. The number of fused-ring (bicyclic) bond motifs is 1. The number of rotatable bonds is 6. The zero-order chi connectivity index (χ0) is 14.7. The predicted octanol–water partition coefficient (Wildman–Crippen LogP) is 3.16. The predicted molar refractivity (Wildman–Crippen MR) is 87.4 cm³/mol. The highest BCUT2D eigenvalue weighted by Gasteiger charge is 2.18. The highest BCUT2D eigenvalue weighted by Crippen LogP contribution is 2.33. The summed E-state index contributed by atoms with van der Waals surface area (Å²) in [7, 11) is 2.10. The highest BCUT2D eigenvalue weighted by molar-refractivity contribution is 7.18. The van der Waals surface area contributed by atoms with E-state index >= 15 is 0 Å². The van der Waals surface area contributed by atoms with Crippen molar-refractivity contribution in [3.05, 3.63) is 10.9 Å². The number of hydrogen-bond acceptors (Lipinski definition) is 6. The van der Waals surface area contributed by atoms with Gasteiger partial charge < -0.3 is 4.90 Å². The van der Waals surface area contributed by atoms with Gasteiger partial charge in [-0.25, -0.2) is 10.8 Å². The Morgan fingerprint density at radius 2 is 2.00 bits per heavy atom. The van der Waals surface area contributed by atoms with Gasteiger partial charge in [0.15, 0.2) is 0 Å². The molecule has 2 heterocycles. The standard InChI is InChI=1S/C14H23N5S/c1-5-9(6-2)19(4)12-11-8-10(7-3)20-13(11)17-14(16-12)18-15/h8-9H,5-7,15H2,1-4H3,(H,16,17,18). The maximum Gasteiger partial charge on any atom is 0.240 e. The van der Waals surface area contributed by atoms with Crippen molar-refractivity contribution in [3.63, 3.8) is 0 Å². The maximum atomic E-state index is 5.50. The topological polar surface area (TPSA) is 67.1 Å². The summed E-state index contributed by atoms with van der Waals surface area (Å²) in [6.07, 6.45) is 3.20. The first-order valence-electron chi connectivity index (χ1n) is 7.14. The molecule has 2 aromatic rings. The molecule has 0 saturated carbocycles. The average molecular weight is 293 g/mol. The van der Waals surface area contributed by atoms with Crippen LogP contribution in [0.5, 0.6) is 0 Å². The molecule has 0 atom stereocenters. The second-order valence-electron chi connectivity index (χ2n) is 4.88. The van der Waals surface area contributed by atoms with Gasteiger partial charge >= 0.3 is 0 Å². The molecule has 110 valence electrons. The summed E-state index contributed by atoms with van der Waals surface area (Å²) >= 11 is 1.71. The smallest absolute Gasteiger partial charge is 0.240 e. The summed E-state index contributed by atoms with van der Waals surface area (Å²) in [5.74, 6) is 6.95. The van der Waals surface area contributed by atoms with Gasteiger partial charge in [0.1, 0.15) is 10.6 Å². The minimum atomic E-state index is 0.476. The van der Waals surface area contributed by atoms with Crippen LogP contribution in [0.15, 0.2) is 6.07 Å². The molecule has 0 fully saturated rings. The first-order valence-corrected chi connectivity index (χ1v) is 7.96. The van der Waals surface area contributed by atoms with E-state index in [0.717, 1.165) is 35.3 Å². The van der Waals surface area contributed by atoms with Crippen LogP contribution in [0.1, 0.15) is 38.5 Å².